The molecule has 2 heterocycles. The minimum absolute atomic E-state index is 0.176. The van der Waals surface area contributed by atoms with Crippen molar-refractivity contribution in [3.63, 3.8) is 0 Å². The summed E-state index contributed by atoms with van der Waals surface area (Å²) < 4.78 is 19.0. The zero-order valence-electron chi connectivity index (χ0n) is 12.4. The number of ether oxygens (including phenoxy) is 1. The van der Waals surface area contributed by atoms with Crippen LogP contribution in [0.4, 0.5) is 4.39 Å². The van der Waals surface area contributed by atoms with Gasteiger partial charge in [-0.05, 0) is 42.6 Å². The van der Waals surface area contributed by atoms with Crippen LogP contribution in [0.25, 0.3) is 0 Å². The molecule has 2 aromatic rings. The summed E-state index contributed by atoms with van der Waals surface area (Å²) in [5.74, 6) is 0.926. The smallest absolute Gasteiger partial charge is 0.213 e. The number of hydrogen-bond donors (Lipinski definition) is 1. The Balaban J connectivity index is 1.58. The minimum atomic E-state index is -0.380. The van der Waals surface area contributed by atoms with Crippen LogP contribution in [-0.4, -0.2) is 24.7 Å². The summed E-state index contributed by atoms with van der Waals surface area (Å²) >= 11 is 11.7. The van der Waals surface area contributed by atoms with Crippen LogP contribution >= 0.6 is 23.2 Å². The molecule has 1 fully saturated rings. The number of halogens is 3. The SMILES string of the molecule is Fc1ccc([C@H]2CNC[C@@H]2CCOc2ccc(Cl)cn2)cc1Cl. The summed E-state index contributed by atoms with van der Waals surface area (Å²) in [5.41, 5.74) is 1.07. The molecule has 0 aliphatic carbocycles. The monoisotopic (exact) mass is 354 g/mol. The second kappa shape index (κ2) is 7.47. The lowest BCUT2D eigenvalue weighted by Crippen LogP contribution is -2.15. The highest BCUT2D eigenvalue weighted by molar-refractivity contribution is 6.30. The maximum absolute atomic E-state index is 13.3. The van der Waals surface area contributed by atoms with Gasteiger partial charge in [-0.15, -0.1) is 0 Å². The highest BCUT2D eigenvalue weighted by Gasteiger charge is 2.28. The molecule has 0 amide bonds. The van der Waals surface area contributed by atoms with E-state index in [9.17, 15) is 4.39 Å². The summed E-state index contributed by atoms with van der Waals surface area (Å²) in [4.78, 5) is 4.11. The normalized spacial score (nSPS) is 20.7. The summed E-state index contributed by atoms with van der Waals surface area (Å²) in [6, 6.07) is 8.48. The molecule has 2 atom stereocenters. The van der Waals surface area contributed by atoms with Crippen LogP contribution in [-0.2, 0) is 0 Å². The van der Waals surface area contributed by atoms with Crippen LogP contribution < -0.4 is 10.1 Å². The number of benzene rings is 1. The van der Waals surface area contributed by atoms with Gasteiger partial charge in [0, 0.05) is 24.7 Å². The zero-order valence-corrected chi connectivity index (χ0v) is 13.9. The Labute approximate surface area is 144 Å². The van der Waals surface area contributed by atoms with Crippen molar-refractivity contribution in [2.75, 3.05) is 19.7 Å². The molecule has 3 rings (SSSR count). The van der Waals surface area contributed by atoms with Gasteiger partial charge in [-0.2, -0.15) is 0 Å². The van der Waals surface area contributed by atoms with Crippen molar-refractivity contribution in [1.29, 1.82) is 0 Å². The standard InChI is InChI=1S/C17H17Cl2FN2O/c18-13-2-4-17(22-9-13)23-6-5-12-8-21-10-14(12)11-1-3-16(20)15(19)7-11/h1-4,7,9,12,14,21H,5-6,8,10H2/t12-,14+/m0/s1. The molecule has 122 valence electrons. The summed E-state index contributed by atoms with van der Waals surface area (Å²) in [6.07, 6.45) is 2.45. The molecule has 0 unspecified atom stereocenters. The van der Waals surface area contributed by atoms with Crippen LogP contribution in [0, 0.1) is 11.7 Å². The number of pyridine rings is 1. The fourth-order valence-electron chi connectivity index (χ4n) is 2.93. The van der Waals surface area contributed by atoms with E-state index in [1.807, 2.05) is 6.07 Å². The zero-order chi connectivity index (χ0) is 16.2. The molecular formula is C17H17Cl2FN2O. The Morgan fingerprint density at radius 1 is 1.22 bits per heavy atom. The van der Waals surface area contributed by atoms with Crippen LogP contribution in [0.5, 0.6) is 5.88 Å². The Hall–Kier alpha value is -1.36. The van der Waals surface area contributed by atoms with Crippen LogP contribution in [0.1, 0.15) is 17.9 Å². The first-order valence-electron chi connectivity index (χ1n) is 7.53. The summed E-state index contributed by atoms with van der Waals surface area (Å²) in [7, 11) is 0. The van der Waals surface area contributed by atoms with Gasteiger partial charge in [-0.25, -0.2) is 9.37 Å². The van der Waals surface area contributed by atoms with Gasteiger partial charge in [-0.3, -0.25) is 0 Å². The molecule has 0 bridgehead atoms. The number of hydrogen-bond acceptors (Lipinski definition) is 3. The molecule has 23 heavy (non-hydrogen) atoms. The first-order valence-corrected chi connectivity index (χ1v) is 8.29. The third kappa shape index (κ3) is 4.14. The lowest BCUT2D eigenvalue weighted by molar-refractivity contribution is 0.267. The van der Waals surface area contributed by atoms with Crippen LogP contribution in [0.3, 0.4) is 0 Å². The van der Waals surface area contributed by atoms with E-state index in [1.54, 1.807) is 24.4 Å². The summed E-state index contributed by atoms with van der Waals surface area (Å²) in [6.45, 7) is 2.36. The molecule has 1 aliphatic rings. The maximum atomic E-state index is 13.3. The Morgan fingerprint density at radius 2 is 2.09 bits per heavy atom. The Bertz CT molecular complexity index is 666. The maximum Gasteiger partial charge on any atom is 0.213 e. The largest absolute Gasteiger partial charge is 0.478 e. The van der Waals surface area contributed by atoms with E-state index in [2.05, 4.69) is 10.3 Å². The van der Waals surface area contributed by atoms with Gasteiger partial charge >= 0.3 is 0 Å². The van der Waals surface area contributed by atoms with Gasteiger partial charge < -0.3 is 10.1 Å². The van der Waals surface area contributed by atoms with Gasteiger partial charge in [0.25, 0.3) is 0 Å². The van der Waals surface area contributed by atoms with Crippen molar-refractivity contribution in [3.05, 3.63) is 58.0 Å². The van der Waals surface area contributed by atoms with E-state index in [4.69, 9.17) is 27.9 Å². The van der Waals surface area contributed by atoms with E-state index < -0.39 is 0 Å². The lowest BCUT2D eigenvalue weighted by Gasteiger charge is -2.19. The molecule has 1 N–H and O–H groups in total. The van der Waals surface area contributed by atoms with Crippen LogP contribution in [0.15, 0.2) is 36.5 Å². The molecule has 1 aliphatic heterocycles. The number of rotatable bonds is 5. The second-order valence-corrected chi connectivity index (χ2v) is 6.49. The van der Waals surface area contributed by atoms with Crippen molar-refractivity contribution < 1.29 is 9.13 Å². The Morgan fingerprint density at radius 3 is 2.83 bits per heavy atom. The first kappa shape index (κ1) is 16.5. The topological polar surface area (TPSA) is 34.1 Å². The average Bonchev–Trinajstić information content (AvgIpc) is 3.00. The molecule has 6 heteroatoms. The highest BCUT2D eigenvalue weighted by atomic mass is 35.5. The van der Waals surface area contributed by atoms with Crippen molar-refractivity contribution in [2.45, 2.75) is 12.3 Å². The van der Waals surface area contributed by atoms with Gasteiger partial charge in [0.2, 0.25) is 5.88 Å². The van der Waals surface area contributed by atoms with Crippen molar-refractivity contribution in [1.82, 2.24) is 10.3 Å². The lowest BCUT2D eigenvalue weighted by atomic mass is 9.87. The first-order chi connectivity index (χ1) is 11.1. The molecule has 0 spiro atoms. The molecule has 3 nitrogen and oxygen atoms in total. The highest BCUT2D eigenvalue weighted by Crippen LogP contribution is 2.32. The van der Waals surface area contributed by atoms with E-state index in [1.165, 1.54) is 6.07 Å². The van der Waals surface area contributed by atoms with Crippen molar-refractivity contribution in [2.24, 2.45) is 5.92 Å². The third-order valence-electron chi connectivity index (χ3n) is 4.15. The van der Waals surface area contributed by atoms with E-state index in [0.29, 0.717) is 29.3 Å². The molecule has 0 radical (unpaired) electrons. The van der Waals surface area contributed by atoms with Gasteiger partial charge in [0.15, 0.2) is 0 Å². The fraction of sp³-hybridized carbons (Fsp3) is 0.353. The van der Waals surface area contributed by atoms with Gasteiger partial charge in [0.1, 0.15) is 5.82 Å². The van der Waals surface area contributed by atoms with Crippen molar-refractivity contribution >= 4 is 23.2 Å². The second-order valence-electron chi connectivity index (χ2n) is 5.65. The van der Waals surface area contributed by atoms with Gasteiger partial charge in [0.05, 0.1) is 16.7 Å². The quantitative estimate of drug-likeness (QED) is 0.868. The third-order valence-corrected chi connectivity index (χ3v) is 4.66. The molecule has 1 aromatic heterocycles. The molecule has 0 saturated carbocycles. The van der Waals surface area contributed by atoms with E-state index in [0.717, 1.165) is 25.1 Å². The predicted molar refractivity (Wildman–Crippen MR) is 89.9 cm³/mol. The van der Waals surface area contributed by atoms with E-state index >= 15 is 0 Å². The fourth-order valence-corrected chi connectivity index (χ4v) is 3.23. The molecule has 1 aromatic carbocycles. The van der Waals surface area contributed by atoms with Gasteiger partial charge in [-0.1, -0.05) is 29.3 Å². The molecular weight excluding hydrogens is 338 g/mol. The summed E-state index contributed by atoms with van der Waals surface area (Å²) in [5, 5.41) is 4.15. The van der Waals surface area contributed by atoms with Crippen molar-refractivity contribution in [3.8, 4) is 5.88 Å². The molecule has 1 saturated heterocycles. The number of nitrogens with zero attached hydrogens (tertiary/aromatic N) is 1. The van der Waals surface area contributed by atoms with E-state index in [-0.39, 0.29) is 10.8 Å². The average molecular weight is 355 g/mol. The minimum Gasteiger partial charge on any atom is -0.478 e. The number of aromatic nitrogens is 1. The predicted octanol–water partition coefficient (Wildman–Crippen LogP) is 4.30. The number of nitrogens with one attached hydrogen (secondary N) is 1. The Kier molecular flexibility index (Phi) is 5.36. The van der Waals surface area contributed by atoms with Crippen LogP contribution in [0.2, 0.25) is 10.0 Å².